The van der Waals surface area contributed by atoms with E-state index in [1.807, 2.05) is 17.9 Å². The molecular formula is C22H23F2N3O. The molecule has 28 heavy (non-hydrogen) atoms. The van der Waals surface area contributed by atoms with Gasteiger partial charge in [0.2, 0.25) is 0 Å². The van der Waals surface area contributed by atoms with Crippen LogP contribution in [0, 0.1) is 24.5 Å². The lowest BCUT2D eigenvalue weighted by molar-refractivity contribution is -0.00347. The predicted molar refractivity (Wildman–Crippen MR) is 101 cm³/mol. The standard InChI is InChI=1S/C22H23F2N3O/c1-13-18(3-2-6-25-13)22(28)27-12-19(15-9-16(23)11-17(24)10-15)21-20(27)14-4-7-26(21)8-5-14/h2-3,6,9-11,14,19-21H,4-5,7-8,12H2,1H3/t19-,20+,21+/m0/s1. The van der Waals surface area contributed by atoms with E-state index in [2.05, 4.69) is 9.88 Å². The van der Waals surface area contributed by atoms with Crippen LogP contribution < -0.4 is 0 Å². The molecular weight excluding hydrogens is 360 g/mol. The molecule has 3 atom stereocenters. The van der Waals surface area contributed by atoms with Crippen molar-refractivity contribution in [2.75, 3.05) is 19.6 Å². The smallest absolute Gasteiger partial charge is 0.256 e. The second kappa shape index (κ2) is 6.62. The van der Waals surface area contributed by atoms with E-state index in [4.69, 9.17) is 0 Å². The monoisotopic (exact) mass is 383 g/mol. The molecule has 146 valence electrons. The number of amides is 1. The normalized spacial score (nSPS) is 31.1. The summed E-state index contributed by atoms with van der Waals surface area (Å²) in [7, 11) is 0. The Morgan fingerprint density at radius 1 is 1.11 bits per heavy atom. The number of rotatable bonds is 2. The van der Waals surface area contributed by atoms with Crippen LogP contribution in [-0.2, 0) is 0 Å². The van der Waals surface area contributed by atoms with Gasteiger partial charge in [0.15, 0.2) is 0 Å². The first-order chi connectivity index (χ1) is 13.5. The third-order valence-electron chi connectivity index (χ3n) is 6.81. The number of aryl methyl sites for hydroxylation is 1. The van der Waals surface area contributed by atoms with E-state index in [9.17, 15) is 13.6 Å². The van der Waals surface area contributed by atoms with Crippen molar-refractivity contribution in [3.05, 3.63) is 65.0 Å². The molecule has 2 bridgehead atoms. The van der Waals surface area contributed by atoms with E-state index in [1.165, 1.54) is 12.1 Å². The Hall–Kier alpha value is -2.34. The summed E-state index contributed by atoms with van der Waals surface area (Å²) in [5, 5.41) is 0. The van der Waals surface area contributed by atoms with Crippen molar-refractivity contribution in [1.82, 2.24) is 14.8 Å². The zero-order valence-corrected chi connectivity index (χ0v) is 15.8. The van der Waals surface area contributed by atoms with E-state index >= 15 is 0 Å². The lowest BCUT2D eigenvalue weighted by Crippen LogP contribution is -2.60. The number of benzene rings is 1. The van der Waals surface area contributed by atoms with Crippen LogP contribution in [0.2, 0.25) is 0 Å². The van der Waals surface area contributed by atoms with Gasteiger partial charge >= 0.3 is 0 Å². The van der Waals surface area contributed by atoms with Gasteiger partial charge in [-0.3, -0.25) is 14.7 Å². The number of carbonyl (C=O) groups is 1. The van der Waals surface area contributed by atoms with Gasteiger partial charge in [0.25, 0.3) is 5.91 Å². The van der Waals surface area contributed by atoms with Gasteiger partial charge in [-0.05, 0) is 68.6 Å². The lowest BCUT2D eigenvalue weighted by Gasteiger charge is -2.51. The largest absolute Gasteiger partial charge is 0.333 e. The minimum Gasteiger partial charge on any atom is -0.333 e. The summed E-state index contributed by atoms with van der Waals surface area (Å²) in [5.41, 5.74) is 1.98. The molecule has 4 aliphatic heterocycles. The predicted octanol–water partition coefficient (Wildman–Crippen LogP) is 3.37. The lowest BCUT2D eigenvalue weighted by atomic mass is 9.75. The number of piperidine rings is 3. The summed E-state index contributed by atoms with van der Waals surface area (Å²) in [6.45, 7) is 4.32. The molecule has 0 N–H and O–H groups in total. The Morgan fingerprint density at radius 3 is 2.50 bits per heavy atom. The molecule has 0 spiro atoms. The molecule has 5 heterocycles. The van der Waals surface area contributed by atoms with Crippen molar-refractivity contribution in [1.29, 1.82) is 0 Å². The number of fused-ring (bicyclic) bond motifs is 2. The molecule has 6 rings (SSSR count). The molecule has 0 radical (unpaired) electrons. The van der Waals surface area contributed by atoms with Crippen molar-refractivity contribution in [2.45, 2.75) is 37.8 Å². The number of likely N-dealkylation sites (tertiary alicyclic amines) is 1. The summed E-state index contributed by atoms with van der Waals surface area (Å²) in [6, 6.07) is 7.57. The quantitative estimate of drug-likeness (QED) is 0.798. The highest BCUT2D eigenvalue weighted by molar-refractivity contribution is 5.95. The zero-order valence-electron chi connectivity index (χ0n) is 15.8. The molecule has 4 aliphatic rings. The SMILES string of the molecule is Cc1ncccc1C(=O)N1C[C@@H](c2cc(F)cc(F)c2)[C@@H]2[C@H]1C1CCN2CC1. The number of nitrogens with zero attached hydrogens (tertiary/aromatic N) is 3. The van der Waals surface area contributed by atoms with Gasteiger partial charge in [0, 0.05) is 36.5 Å². The van der Waals surface area contributed by atoms with E-state index in [-0.39, 0.29) is 23.9 Å². The highest BCUT2D eigenvalue weighted by Crippen LogP contribution is 2.47. The van der Waals surface area contributed by atoms with Gasteiger partial charge < -0.3 is 4.90 Å². The molecule has 0 unspecified atom stereocenters. The van der Waals surface area contributed by atoms with E-state index in [0.717, 1.165) is 32.0 Å². The van der Waals surface area contributed by atoms with Gasteiger partial charge in [-0.15, -0.1) is 0 Å². The van der Waals surface area contributed by atoms with Crippen LogP contribution in [-0.4, -0.2) is 52.4 Å². The van der Waals surface area contributed by atoms with Crippen LogP contribution in [0.3, 0.4) is 0 Å². The highest BCUT2D eigenvalue weighted by Gasteiger charge is 2.54. The topological polar surface area (TPSA) is 36.4 Å². The van der Waals surface area contributed by atoms with Crippen LogP contribution >= 0.6 is 0 Å². The fraction of sp³-hybridized carbons (Fsp3) is 0.455. The van der Waals surface area contributed by atoms with Crippen molar-refractivity contribution >= 4 is 5.91 Å². The van der Waals surface area contributed by atoms with Crippen molar-refractivity contribution in [2.24, 2.45) is 5.92 Å². The second-order valence-corrected chi connectivity index (χ2v) is 8.26. The highest BCUT2D eigenvalue weighted by atomic mass is 19.1. The Kier molecular flexibility index (Phi) is 4.19. The summed E-state index contributed by atoms with van der Waals surface area (Å²) < 4.78 is 27.8. The molecule has 4 fully saturated rings. The third kappa shape index (κ3) is 2.73. The Morgan fingerprint density at radius 2 is 1.82 bits per heavy atom. The van der Waals surface area contributed by atoms with E-state index < -0.39 is 11.6 Å². The molecule has 1 aromatic heterocycles. The summed E-state index contributed by atoms with van der Waals surface area (Å²) >= 11 is 0. The second-order valence-electron chi connectivity index (χ2n) is 8.26. The average molecular weight is 383 g/mol. The number of pyridine rings is 1. The van der Waals surface area contributed by atoms with Gasteiger partial charge in [0.05, 0.1) is 11.6 Å². The molecule has 6 heteroatoms. The van der Waals surface area contributed by atoms with Crippen molar-refractivity contribution in [3.63, 3.8) is 0 Å². The number of aromatic nitrogens is 1. The summed E-state index contributed by atoms with van der Waals surface area (Å²) in [6.07, 6.45) is 3.83. The Labute approximate surface area is 163 Å². The van der Waals surface area contributed by atoms with Crippen LogP contribution in [0.1, 0.15) is 40.4 Å². The molecule has 4 nitrogen and oxygen atoms in total. The Bertz CT molecular complexity index is 905. The summed E-state index contributed by atoms with van der Waals surface area (Å²) in [4.78, 5) is 22.1. The minimum absolute atomic E-state index is 0.0197. The van der Waals surface area contributed by atoms with Gasteiger partial charge in [-0.2, -0.15) is 0 Å². The zero-order chi connectivity index (χ0) is 19.4. The van der Waals surface area contributed by atoms with Crippen molar-refractivity contribution < 1.29 is 13.6 Å². The Balaban J connectivity index is 1.56. The van der Waals surface area contributed by atoms with E-state index in [0.29, 0.717) is 29.3 Å². The molecule has 1 aromatic carbocycles. The van der Waals surface area contributed by atoms with Gasteiger partial charge in [0.1, 0.15) is 11.6 Å². The maximum atomic E-state index is 13.9. The molecule has 1 amide bonds. The molecule has 0 saturated carbocycles. The first-order valence-electron chi connectivity index (χ1n) is 9.95. The maximum absolute atomic E-state index is 13.9. The first kappa shape index (κ1) is 17.7. The van der Waals surface area contributed by atoms with Crippen molar-refractivity contribution in [3.8, 4) is 0 Å². The maximum Gasteiger partial charge on any atom is 0.256 e. The number of halogens is 2. The van der Waals surface area contributed by atoms with Crippen LogP contribution in [0.25, 0.3) is 0 Å². The first-order valence-corrected chi connectivity index (χ1v) is 9.95. The molecule has 0 aliphatic carbocycles. The van der Waals surface area contributed by atoms with Gasteiger partial charge in [-0.25, -0.2) is 8.78 Å². The fourth-order valence-corrected chi connectivity index (χ4v) is 5.60. The third-order valence-corrected chi connectivity index (χ3v) is 6.81. The molecule has 2 aromatic rings. The summed E-state index contributed by atoms with van der Waals surface area (Å²) in [5.74, 6) is -0.780. The molecule has 4 saturated heterocycles. The number of hydrogen-bond acceptors (Lipinski definition) is 3. The van der Waals surface area contributed by atoms with Crippen LogP contribution in [0.15, 0.2) is 36.5 Å². The van der Waals surface area contributed by atoms with Crippen LogP contribution in [0.5, 0.6) is 0 Å². The minimum atomic E-state index is -0.560. The number of carbonyl (C=O) groups excluding carboxylic acids is 1. The van der Waals surface area contributed by atoms with Crippen LogP contribution in [0.4, 0.5) is 8.78 Å². The fourth-order valence-electron chi connectivity index (χ4n) is 5.60. The van der Waals surface area contributed by atoms with Gasteiger partial charge in [-0.1, -0.05) is 0 Å². The average Bonchev–Trinajstić information content (AvgIpc) is 3.11. The number of hydrogen-bond donors (Lipinski definition) is 0. The van der Waals surface area contributed by atoms with E-state index in [1.54, 1.807) is 12.3 Å².